The van der Waals surface area contributed by atoms with E-state index in [4.69, 9.17) is 9.26 Å². The number of carbonyl (C=O) groups excluding carboxylic acids is 1. The lowest BCUT2D eigenvalue weighted by atomic mass is 10.1. The fourth-order valence-electron chi connectivity index (χ4n) is 3.75. The molecule has 0 atom stereocenters. The number of aryl methyl sites for hydroxylation is 1. The number of aromatic nitrogens is 1. The molecule has 2 aromatic carbocycles. The van der Waals surface area contributed by atoms with E-state index >= 15 is 0 Å². The predicted molar refractivity (Wildman–Crippen MR) is 114 cm³/mol. The molecule has 4 rings (SSSR count). The van der Waals surface area contributed by atoms with Gasteiger partial charge in [0.15, 0.2) is 0 Å². The van der Waals surface area contributed by atoms with Crippen molar-refractivity contribution >= 4 is 5.91 Å². The van der Waals surface area contributed by atoms with Gasteiger partial charge in [0.25, 0.3) is 5.91 Å². The number of halogens is 1. The van der Waals surface area contributed by atoms with Crippen LogP contribution >= 0.6 is 0 Å². The van der Waals surface area contributed by atoms with Crippen LogP contribution in [0.5, 0.6) is 5.75 Å². The van der Waals surface area contributed by atoms with Crippen LogP contribution in [0.25, 0.3) is 0 Å². The van der Waals surface area contributed by atoms with Gasteiger partial charge in [-0.05, 0) is 31.4 Å². The van der Waals surface area contributed by atoms with E-state index in [1.165, 1.54) is 17.8 Å². The van der Waals surface area contributed by atoms with Crippen LogP contribution in [0.4, 0.5) is 4.39 Å². The van der Waals surface area contributed by atoms with E-state index in [1.807, 2.05) is 6.07 Å². The molecule has 2 heterocycles. The lowest BCUT2D eigenvalue weighted by molar-refractivity contribution is 0.0949. The molecule has 0 radical (unpaired) electrons. The Morgan fingerprint density at radius 1 is 1.23 bits per heavy atom. The van der Waals surface area contributed by atoms with Crippen molar-refractivity contribution in [2.45, 2.75) is 39.0 Å². The molecular weight excluding hydrogens is 397 g/mol. The van der Waals surface area contributed by atoms with Gasteiger partial charge >= 0.3 is 0 Å². The molecule has 0 aliphatic carbocycles. The van der Waals surface area contributed by atoms with Gasteiger partial charge in [-0.3, -0.25) is 9.69 Å². The first kappa shape index (κ1) is 21.1. The minimum absolute atomic E-state index is 0.0768. The Kier molecular flexibility index (Phi) is 6.62. The molecule has 0 spiro atoms. The van der Waals surface area contributed by atoms with E-state index in [1.54, 1.807) is 19.1 Å². The average Bonchev–Trinajstić information content (AvgIpc) is 3.21. The Balaban J connectivity index is 1.26. The van der Waals surface area contributed by atoms with Gasteiger partial charge in [-0.15, -0.1) is 0 Å². The zero-order chi connectivity index (χ0) is 21.6. The second-order valence-electron chi connectivity index (χ2n) is 7.81. The van der Waals surface area contributed by atoms with Crippen LogP contribution in [-0.4, -0.2) is 35.2 Å². The van der Waals surface area contributed by atoms with Gasteiger partial charge in [0.05, 0.1) is 6.20 Å². The van der Waals surface area contributed by atoms with Gasteiger partial charge < -0.3 is 14.6 Å². The van der Waals surface area contributed by atoms with E-state index in [0.29, 0.717) is 22.6 Å². The van der Waals surface area contributed by atoms with E-state index in [9.17, 15) is 9.18 Å². The van der Waals surface area contributed by atoms with Crippen molar-refractivity contribution in [2.75, 3.05) is 13.1 Å². The van der Waals surface area contributed by atoms with Crippen LogP contribution in [0.3, 0.4) is 0 Å². The fourth-order valence-corrected chi connectivity index (χ4v) is 3.75. The lowest BCUT2D eigenvalue weighted by Crippen LogP contribution is -2.37. The standard InChI is InChI=1S/C24H26FN3O3/c1-17-22(15-27-31-17)24(29)26-14-19-7-8-21(13-23(19)25)30-20-9-11-28(12-10-20)16-18-5-3-2-4-6-18/h2-8,13,15,20H,9-12,14,16H2,1H3,(H,26,29). The van der Waals surface area contributed by atoms with Crippen LogP contribution in [0, 0.1) is 12.7 Å². The van der Waals surface area contributed by atoms with Crippen LogP contribution in [0.2, 0.25) is 0 Å². The van der Waals surface area contributed by atoms with Crippen LogP contribution in [-0.2, 0) is 13.1 Å². The molecule has 0 saturated carbocycles. The number of likely N-dealkylation sites (tertiary alicyclic amines) is 1. The highest BCUT2D eigenvalue weighted by molar-refractivity contribution is 5.94. The summed E-state index contributed by atoms with van der Waals surface area (Å²) in [6.07, 6.45) is 3.24. The smallest absolute Gasteiger partial charge is 0.256 e. The number of ether oxygens (including phenoxy) is 1. The Bertz CT molecular complexity index is 1010. The third-order valence-corrected chi connectivity index (χ3v) is 5.55. The number of piperidine rings is 1. The van der Waals surface area contributed by atoms with Crippen molar-refractivity contribution < 1.29 is 18.4 Å². The molecular formula is C24H26FN3O3. The quantitative estimate of drug-likeness (QED) is 0.620. The minimum atomic E-state index is -0.402. The number of hydrogen-bond acceptors (Lipinski definition) is 5. The number of nitrogens with zero attached hydrogens (tertiary/aromatic N) is 2. The first-order valence-electron chi connectivity index (χ1n) is 10.5. The van der Waals surface area contributed by atoms with Crippen LogP contribution < -0.4 is 10.1 Å². The van der Waals surface area contributed by atoms with Crippen molar-refractivity contribution in [1.82, 2.24) is 15.4 Å². The molecule has 7 heteroatoms. The third-order valence-electron chi connectivity index (χ3n) is 5.55. The van der Waals surface area contributed by atoms with Crippen LogP contribution in [0.15, 0.2) is 59.3 Å². The first-order chi connectivity index (χ1) is 15.1. The number of nitrogens with one attached hydrogen (secondary N) is 1. The summed E-state index contributed by atoms with van der Waals surface area (Å²) in [6.45, 7) is 4.58. The molecule has 1 aliphatic rings. The molecule has 0 unspecified atom stereocenters. The molecule has 162 valence electrons. The third kappa shape index (κ3) is 5.49. The molecule has 1 aromatic heterocycles. The largest absolute Gasteiger partial charge is 0.490 e. The lowest BCUT2D eigenvalue weighted by Gasteiger charge is -2.32. The monoisotopic (exact) mass is 423 g/mol. The average molecular weight is 423 g/mol. The molecule has 31 heavy (non-hydrogen) atoms. The minimum Gasteiger partial charge on any atom is -0.490 e. The molecule has 1 fully saturated rings. The number of amides is 1. The van der Waals surface area contributed by atoms with Crippen molar-refractivity contribution in [3.8, 4) is 5.75 Å². The maximum absolute atomic E-state index is 14.5. The molecule has 0 bridgehead atoms. The summed E-state index contributed by atoms with van der Waals surface area (Å²) in [5.74, 6) is 0.197. The number of carbonyl (C=O) groups is 1. The van der Waals surface area contributed by atoms with Gasteiger partial charge in [-0.25, -0.2) is 4.39 Å². The van der Waals surface area contributed by atoms with E-state index in [2.05, 4.69) is 39.6 Å². The SMILES string of the molecule is Cc1oncc1C(=O)NCc1ccc(OC2CCN(Cc3ccccc3)CC2)cc1F. The van der Waals surface area contributed by atoms with Crippen molar-refractivity contribution in [3.05, 3.63) is 83.0 Å². The fraction of sp³-hybridized carbons (Fsp3) is 0.333. The van der Waals surface area contributed by atoms with Gasteiger partial charge in [-0.1, -0.05) is 41.6 Å². The second kappa shape index (κ2) is 9.75. The topological polar surface area (TPSA) is 67.6 Å². The molecule has 6 nitrogen and oxygen atoms in total. The number of rotatable bonds is 7. The summed E-state index contributed by atoms with van der Waals surface area (Å²) in [5, 5.41) is 6.26. The summed E-state index contributed by atoms with van der Waals surface area (Å²) in [7, 11) is 0. The molecule has 1 saturated heterocycles. The zero-order valence-electron chi connectivity index (χ0n) is 17.5. The Labute approximate surface area is 181 Å². The predicted octanol–water partition coefficient (Wildman–Crippen LogP) is 4.10. The number of benzene rings is 2. The zero-order valence-corrected chi connectivity index (χ0v) is 17.5. The molecule has 1 amide bonds. The van der Waals surface area contributed by atoms with Crippen LogP contribution in [0.1, 0.15) is 40.1 Å². The Hall–Kier alpha value is -3.19. The van der Waals surface area contributed by atoms with E-state index < -0.39 is 5.82 Å². The molecule has 1 aliphatic heterocycles. The summed E-state index contributed by atoms with van der Waals surface area (Å²) < 4.78 is 25.4. The second-order valence-corrected chi connectivity index (χ2v) is 7.81. The molecule has 1 N–H and O–H groups in total. The normalized spacial score (nSPS) is 15.0. The Morgan fingerprint density at radius 3 is 2.68 bits per heavy atom. The maximum atomic E-state index is 14.5. The van der Waals surface area contributed by atoms with Crippen molar-refractivity contribution in [2.24, 2.45) is 0 Å². The van der Waals surface area contributed by atoms with Crippen molar-refractivity contribution in [3.63, 3.8) is 0 Å². The van der Waals surface area contributed by atoms with Gasteiger partial charge in [-0.2, -0.15) is 0 Å². The highest BCUT2D eigenvalue weighted by atomic mass is 19.1. The summed E-state index contributed by atoms with van der Waals surface area (Å²) in [6, 6.07) is 15.2. The number of hydrogen-bond donors (Lipinski definition) is 1. The maximum Gasteiger partial charge on any atom is 0.256 e. The highest BCUT2D eigenvalue weighted by Gasteiger charge is 2.21. The van der Waals surface area contributed by atoms with Gasteiger partial charge in [0.2, 0.25) is 0 Å². The van der Waals surface area contributed by atoms with Gasteiger partial charge in [0, 0.05) is 37.8 Å². The Morgan fingerprint density at radius 2 is 2.00 bits per heavy atom. The first-order valence-corrected chi connectivity index (χ1v) is 10.5. The van der Waals surface area contributed by atoms with E-state index in [0.717, 1.165) is 32.5 Å². The van der Waals surface area contributed by atoms with Crippen molar-refractivity contribution in [1.29, 1.82) is 0 Å². The molecule has 3 aromatic rings. The van der Waals surface area contributed by atoms with E-state index in [-0.39, 0.29) is 18.6 Å². The highest BCUT2D eigenvalue weighted by Crippen LogP contribution is 2.22. The summed E-state index contributed by atoms with van der Waals surface area (Å²) >= 11 is 0. The summed E-state index contributed by atoms with van der Waals surface area (Å²) in [5.41, 5.74) is 2.05. The van der Waals surface area contributed by atoms with Gasteiger partial charge in [0.1, 0.15) is 29.0 Å². The summed E-state index contributed by atoms with van der Waals surface area (Å²) in [4.78, 5) is 14.5.